The second-order valence-corrected chi connectivity index (χ2v) is 4.22. The second kappa shape index (κ2) is 4.44. The first kappa shape index (κ1) is 12.6. The van der Waals surface area contributed by atoms with E-state index < -0.39 is 11.7 Å². The molecule has 0 N–H and O–H groups in total. The molecule has 0 bridgehead atoms. The Hall–Kier alpha value is -1.85. The Morgan fingerprint density at radius 1 is 1.17 bits per heavy atom. The number of hydrogen-bond acceptors (Lipinski definition) is 2. The Bertz CT molecular complexity index is 543. The molecule has 0 spiro atoms. The van der Waals surface area contributed by atoms with E-state index in [4.69, 9.17) is 0 Å². The Morgan fingerprint density at radius 3 is 2.39 bits per heavy atom. The Morgan fingerprint density at radius 2 is 1.83 bits per heavy atom. The molecule has 3 nitrogen and oxygen atoms in total. The number of nitrogens with zero attached hydrogens (tertiary/aromatic N) is 3. The van der Waals surface area contributed by atoms with Crippen molar-refractivity contribution in [3.05, 3.63) is 36.0 Å². The average Bonchev–Trinajstić information content (AvgIpc) is 2.77. The van der Waals surface area contributed by atoms with Crippen LogP contribution in [-0.2, 0) is 6.18 Å². The lowest BCUT2D eigenvalue weighted by molar-refractivity contribution is -0.137. The lowest BCUT2D eigenvalue weighted by atomic mass is 10.0. The molecule has 0 saturated heterocycles. The molecule has 6 heteroatoms. The van der Waals surface area contributed by atoms with Crippen LogP contribution in [0.1, 0.15) is 25.5 Å². The van der Waals surface area contributed by atoms with Gasteiger partial charge in [-0.2, -0.15) is 13.2 Å². The highest BCUT2D eigenvalue weighted by atomic mass is 19.4. The highest BCUT2D eigenvalue weighted by molar-refractivity contribution is 5.63. The predicted molar refractivity (Wildman–Crippen MR) is 60.8 cm³/mol. The highest BCUT2D eigenvalue weighted by Gasteiger charge is 2.33. The minimum absolute atomic E-state index is 0.0527. The third-order valence-corrected chi connectivity index (χ3v) is 2.55. The SMILES string of the molecule is CC(C)n1cc(-c2ccccc2C(F)(F)F)nn1. The zero-order chi connectivity index (χ0) is 13.3. The maximum absolute atomic E-state index is 12.8. The van der Waals surface area contributed by atoms with Crippen LogP contribution >= 0.6 is 0 Å². The van der Waals surface area contributed by atoms with Gasteiger partial charge in [0.1, 0.15) is 5.69 Å². The van der Waals surface area contributed by atoms with Crippen molar-refractivity contribution >= 4 is 0 Å². The van der Waals surface area contributed by atoms with Crippen LogP contribution in [0.4, 0.5) is 13.2 Å². The van der Waals surface area contributed by atoms with E-state index >= 15 is 0 Å². The summed E-state index contributed by atoms with van der Waals surface area (Å²) < 4.78 is 40.1. The molecule has 96 valence electrons. The molecule has 0 aliphatic carbocycles. The topological polar surface area (TPSA) is 30.7 Å². The Labute approximate surface area is 102 Å². The van der Waals surface area contributed by atoms with Crippen LogP contribution in [0.25, 0.3) is 11.3 Å². The number of halogens is 3. The molecule has 1 heterocycles. The summed E-state index contributed by atoms with van der Waals surface area (Å²) >= 11 is 0. The van der Waals surface area contributed by atoms with Gasteiger partial charge in [0.25, 0.3) is 0 Å². The summed E-state index contributed by atoms with van der Waals surface area (Å²) in [4.78, 5) is 0. The summed E-state index contributed by atoms with van der Waals surface area (Å²) in [5, 5.41) is 7.61. The third kappa shape index (κ3) is 2.37. The smallest absolute Gasteiger partial charge is 0.249 e. The molecule has 0 unspecified atom stereocenters. The van der Waals surface area contributed by atoms with E-state index in [1.54, 1.807) is 6.07 Å². The molecule has 0 saturated carbocycles. The number of alkyl halides is 3. The fraction of sp³-hybridized carbons (Fsp3) is 0.333. The molecular weight excluding hydrogens is 243 g/mol. The molecule has 0 aliphatic rings. The van der Waals surface area contributed by atoms with Crippen molar-refractivity contribution in [2.75, 3.05) is 0 Å². The molecule has 0 aliphatic heterocycles. The minimum Gasteiger partial charge on any atom is -0.249 e. The number of rotatable bonds is 2. The van der Waals surface area contributed by atoms with E-state index in [2.05, 4.69) is 10.3 Å². The average molecular weight is 255 g/mol. The maximum atomic E-state index is 12.8. The highest BCUT2D eigenvalue weighted by Crippen LogP contribution is 2.36. The van der Waals surface area contributed by atoms with Crippen LogP contribution in [0.5, 0.6) is 0 Å². The Kier molecular flexibility index (Phi) is 3.11. The fourth-order valence-electron chi connectivity index (χ4n) is 1.61. The van der Waals surface area contributed by atoms with E-state index in [9.17, 15) is 13.2 Å². The summed E-state index contributed by atoms with van der Waals surface area (Å²) in [5.41, 5.74) is -0.408. The monoisotopic (exact) mass is 255 g/mol. The van der Waals surface area contributed by atoms with E-state index in [-0.39, 0.29) is 17.3 Å². The summed E-state index contributed by atoms with van der Waals surface area (Å²) in [7, 11) is 0. The van der Waals surface area contributed by atoms with Crippen LogP contribution in [-0.4, -0.2) is 15.0 Å². The van der Waals surface area contributed by atoms with Crippen molar-refractivity contribution < 1.29 is 13.2 Å². The molecule has 0 radical (unpaired) electrons. The largest absolute Gasteiger partial charge is 0.417 e. The van der Waals surface area contributed by atoms with E-state index in [1.807, 2.05) is 13.8 Å². The molecule has 2 aromatic rings. The summed E-state index contributed by atoms with van der Waals surface area (Å²) in [6.07, 6.45) is -2.87. The van der Waals surface area contributed by atoms with Crippen molar-refractivity contribution in [2.45, 2.75) is 26.1 Å². The van der Waals surface area contributed by atoms with Crippen molar-refractivity contribution in [1.29, 1.82) is 0 Å². The lowest BCUT2D eigenvalue weighted by Crippen LogP contribution is -2.06. The van der Waals surface area contributed by atoms with Crippen molar-refractivity contribution in [1.82, 2.24) is 15.0 Å². The van der Waals surface area contributed by atoms with Crippen molar-refractivity contribution in [3.8, 4) is 11.3 Å². The standard InChI is InChI=1S/C12H12F3N3/c1-8(2)18-7-11(16-17-18)9-5-3-4-6-10(9)12(13,14)15/h3-8H,1-2H3. The van der Waals surface area contributed by atoms with Gasteiger partial charge < -0.3 is 0 Å². The fourth-order valence-corrected chi connectivity index (χ4v) is 1.61. The summed E-state index contributed by atoms with van der Waals surface area (Å²) in [6.45, 7) is 3.77. The van der Waals surface area contributed by atoms with Gasteiger partial charge in [0.2, 0.25) is 0 Å². The molecule has 0 atom stereocenters. The Balaban J connectivity index is 2.50. The number of hydrogen-bond donors (Lipinski definition) is 0. The summed E-state index contributed by atoms with van der Waals surface area (Å²) in [5.74, 6) is 0. The first-order valence-corrected chi connectivity index (χ1v) is 5.48. The van der Waals surface area contributed by atoms with E-state index in [0.29, 0.717) is 0 Å². The van der Waals surface area contributed by atoms with Crippen molar-refractivity contribution in [3.63, 3.8) is 0 Å². The zero-order valence-corrected chi connectivity index (χ0v) is 9.94. The summed E-state index contributed by atoms with van der Waals surface area (Å²) in [6, 6.07) is 5.42. The molecule has 1 aromatic carbocycles. The van der Waals surface area contributed by atoms with Gasteiger partial charge in [-0.05, 0) is 19.9 Å². The first-order valence-electron chi connectivity index (χ1n) is 5.48. The lowest BCUT2D eigenvalue weighted by Gasteiger charge is -2.10. The van der Waals surface area contributed by atoms with Gasteiger partial charge in [0.15, 0.2) is 0 Å². The molecule has 2 rings (SSSR count). The molecular formula is C12H12F3N3. The third-order valence-electron chi connectivity index (χ3n) is 2.55. The first-order chi connectivity index (χ1) is 8.39. The van der Waals surface area contributed by atoms with E-state index in [1.165, 1.54) is 23.0 Å². The van der Waals surface area contributed by atoms with Crippen molar-refractivity contribution in [2.24, 2.45) is 0 Å². The number of aromatic nitrogens is 3. The van der Waals surface area contributed by atoms with Crippen LogP contribution in [0, 0.1) is 0 Å². The van der Waals surface area contributed by atoms with Crippen LogP contribution in [0.2, 0.25) is 0 Å². The van der Waals surface area contributed by atoms with Gasteiger partial charge in [-0.3, -0.25) is 0 Å². The molecule has 0 amide bonds. The minimum atomic E-state index is -4.39. The van der Waals surface area contributed by atoms with Gasteiger partial charge in [0.05, 0.1) is 11.8 Å². The predicted octanol–water partition coefficient (Wildman–Crippen LogP) is 3.54. The van der Waals surface area contributed by atoms with Gasteiger partial charge >= 0.3 is 6.18 Å². The normalized spacial score (nSPS) is 12.1. The zero-order valence-electron chi connectivity index (χ0n) is 9.94. The van der Waals surface area contributed by atoms with Crippen LogP contribution < -0.4 is 0 Å². The molecule has 1 aromatic heterocycles. The quantitative estimate of drug-likeness (QED) is 0.821. The van der Waals surface area contributed by atoms with Gasteiger partial charge in [0, 0.05) is 11.6 Å². The van der Waals surface area contributed by atoms with Gasteiger partial charge in [-0.1, -0.05) is 23.4 Å². The number of benzene rings is 1. The van der Waals surface area contributed by atoms with Crippen LogP contribution in [0.15, 0.2) is 30.5 Å². The molecule has 18 heavy (non-hydrogen) atoms. The van der Waals surface area contributed by atoms with Gasteiger partial charge in [-0.25, -0.2) is 4.68 Å². The van der Waals surface area contributed by atoms with Gasteiger partial charge in [-0.15, -0.1) is 5.10 Å². The maximum Gasteiger partial charge on any atom is 0.417 e. The van der Waals surface area contributed by atoms with Crippen LogP contribution in [0.3, 0.4) is 0 Å². The molecule has 0 fully saturated rings. The second-order valence-electron chi connectivity index (χ2n) is 4.22. The van der Waals surface area contributed by atoms with E-state index in [0.717, 1.165) is 6.07 Å².